The molecule has 0 saturated carbocycles. The molecule has 0 saturated heterocycles. The summed E-state index contributed by atoms with van der Waals surface area (Å²) in [7, 11) is 0. The van der Waals surface area contributed by atoms with Gasteiger partial charge in [-0.3, -0.25) is 0 Å². The van der Waals surface area contributed by atoms with Crippen molar-refractivity contribution in [3.63, 3.8) is 0 Å². The van der Waals surface area contributed by atoms with Crippen LogP contribution >= 0.6 is 0 Å². The van der Waals surface area contributed by atoms with Crippen molar-refractivity contribution >= 4 is 39.0 Å². The number of furan rings is 1. The molecule has 1 unspecified atom stereocenters. The summed E-state index contributed by atoms with van der Waals surface area (Å²) in [5.41, 5.74) is 18.6. The van der Waals surface area contributed by atoms with E-state index in [1.165, 1.54) is 61.2 Å². The fourth-order valence-corrected chi connectivity index (χ4v) is 10.3. The minimum absolute atomic E-state index is 0.0427. The molecular formula is C56H45NO. The van der Waals surface area contributed by atoms with Gasteiger partial charge in [-0.25, -0.2) is 0 Å². The van der Waals surface area contributed by atoms with Crippen LogP contribution in [0.3, 0.4) is 0 Å². The monoisotopic (exact) mass is 747 g/mol. The van der Waals surface area contributed by atoms with E-state index in [0.717, 1.165) is 39.0 Å². The molecule has 0 bridgehead atoms. The molecule has 0 aliphatic heterocycles. The Labute approximate surface area is 341 Å². The van der Waals surface area contributed by atoms with E-state index >= 15 is 0 Å². The van der Waals surface area contributed by atoms with Crippen LogP contribution in [0.2, 0.25) is 0 Å². The maximum atomic E-state index is 6.81. The third kappa shape index (κ3) is 4.84. The number of anilines is 3. The zero-order chi connectivity index (χ0) is 39.4. The Morgan fingerprint density at radius 1 is 0.448 bits per heavy atom. The van der Waals surface area contributed by atoms with Gasteiger partial charge in [0.2, 0.25) is 0 Å². The van der Waals surface area contributed by atoms with Crippen LogP contribution in [0.25, 0.3) is 44.2 Å². The van der Waals surface area contributed by atoms with Crippen LogP contribution in [0.15, 0.2) is 186 Å². The molecular weight excluding hydrogens is 703 g/mol. The average molecular weight is 748 g/mol. The molecule has 2 nitrogen and oxygen atoms in total. The van der Waals surface area contributed by atoms with Gasteiger partial charge in [-0.15, -0.1) is 0 Å². The fraction of sp³-hybridized carbons (Fsp3) is 0.143. The van der Waals surface area contributed by atoms with Crippen LogP contribution in [-0.2, 0) is 16.2 Å². The quantitative estimate of drug-likeness (QED) is 0.174. The maximum Gasteiger partial charge on any atom is 0.159 e. The van der Waals surface area contributed by atoms with E-state index in [-0.39, 0.29) is 10.8 Å². The number of hydrogen-bond donors (Lipinski definition) is 0. The zero-order valence-corrected chi connectivity index (χ0v) is 33.7. The molecule has 58 heavy (non-hydrogen) atoms. The first-order chi connectivity index (χ1) is 28.2. The number of para-hydroxylation sites is 2. The SMILES string of the molecule is CC(C)(C)c1ccc(C2(c3ccccc3)c3ccccc3-c3ccc(N(c4ccc5c(c4)C(C)(C)c4ccccc4-5)c4cccc5c4oc4ccccc45)cc32)cc1. The van der Waals surface area contributed by atoms with Crippen LogP contribution in [0, 0.1) is 0 Å². The number of hydrogen-bond acceptors (Lipinski definition) is 2. The third-order valence-corrected chi connectivity index (χ3v) is 13.1. The van der Waals surface area contributed by atoms with E-state index in [9.17, 15) is 0 Å². The Bertz CT molecular complexity index is 3070. The highest BCUT2D eigenvalue weighted by Crippen LogP contribution is 2.58. The first-order valence-corrected chi connectivity index (χ1v) is 20.5. The van der Waals surface area contributed by atoms with E-state index in [4.69, 9.17) is 4.42 Å². The molecule has 9 aromatic rings. The number of rotatable bonds is 5. The second-order valence-corrected chi connectivity index (χ2v) is 17.7. The van der Waals surface area contributed by atoms with Gasteiger partial charge in [0.05, 0.1) is 11.1 Å². The van der Waals surface area contributed by atoms with Gasteiger partial charge in [0.1, 0.15) is 5.58 Å². The van der Waals surface area contributed by atoms with E-state index < -0.39 is 5.41 Å². The van der Waals surface area contributed by atoms with Crippen molar-refractivity contribution in [3.05, 3.63) is 221 Å². The van der Waals surface area contributed by atoms with Gasteiger partial charge < -0.3 is 9.32 Å². The number of nitrogens with zero attached hydrogens (tertiary/aromatic N) is 1. The predicted octanol–water partition coefficient (Wildman–Crippen LogP) is 15.0. The largest absolute Gasteiger partial charge is 0.454 e. The summed E-state index contributed by atoms with van der Waals surface area (Å²) in [5.74, 6) is 0. The summed E-state index contributed by atoms with van der Waals surface area (Å²) in [6.07, 6.45) is 0. The second-order valence-electron chi connectivity index (χ2n) is 17.7. The highest BCUT2D eigenvalue weighted by molar-refractivity contribution is 6.10. The summed E-state index contributed by atoms with van der Waals surface area (Å²) in [6.45, 7) is 11.6. The van der Waals surface area contributed by atoms with Gasteiger partial charge in [0.25, 0.3) is 0 Å². The summed E-state index contributed by atoms with van der Waals surface area (Å²) in [6, 6.07) is 67.6. The second kappa shape index (κ2) is 12.4. The van der Waals surface area contributed by atoms with Gasteiger partial charge in [-0.05, 0) is 103 Å². The lowest BCUT2D eigenvalue weighted by Gasteiger charge is -2.35. The van der Waals surface area contributed by atoms with Crippen LogP contribution < -0.4 is 4.90 Å². The number of benzene rings is 8. The third-order valence-electron chi connectivity index (χ3n) is 13.1. The van der Waals surface area contributed by atoms with Gasteiger partial charge in [-0.1, -0.05) is 180 Å². The molecule has 2 aliphatic carbocycles. The van der Waals surface area contributed by atoms with E-state index in [0.29, 0.717) is 0 Å². The van der Waals surface area contributed by atoms with Gasteiger partial charge in [0, 0.05) is 27.6 Å². The van der Waals surface area contributed by atoms with Crippen LogP contribution in [0.5, 0.6) is 0 Å². The smallest absolute Gasteiger partial charge is 0.159 e. The van der Waals surface area contributed by atoms with Crippen molar-refractivity contribution in [3.8, 4) is 22.3 Å². The van der Waals surface area contributed by atoms with Gasteiger partial charge >= 0.3 is 0 Å². The first kappa shape index (κ1) is 34.6. The lowest BCUT2D eigenvalue weighted by Crippen LogP contribution is -2.29. The number of fused-ring (bicyclic) bond motifs is 9. The highest BCUT2D eigenvalue weighted by Gasteiger charge is 2.46. The molecule has 2 heteroatoms. The summed E-state index contributed by atoms with van der Waals surface area (Å²) in [5, 5.41) is 2.23. The Morgan fingerprint density at radius 2 is 1.00 bits per heavy atom. The molecule has 8 aromatic carbocycles. The van der Waals surface area contributed by atoms with E-state index in [2.05, 4.69) is 222 Å². The van der Waals surface area contributed by atoms with E-state index in [1.807, 2.05) is 0 Å². The molecule has 0 spiro atoms. The molecule has 0 fully saturated rings. The molecule has 0 N–H and O–H groups in total. The summed E-state index contributed by atoms with van der Waals surface area (Å²) >= 11 is 0. The van der Waals surface area contributed by atoms with Crippen molar-refractivity contribution in [2.45, 2.75) is 50.9 Å². The Morgan fingerprint density at radius 3 is 1.72 bits per heavy atom. The lowest BCUT2D eigenvalue weighted by atomic mass is 9.67. The van der Waals surface area contributed by atoms with Crippen LogP contribution in [0.4, 0.5) is 17.1 Å². The minimum atomic E-state index is -0.543. The van der Waals surface area contributed by atoms with Crippen LogP contribution in [-0.4, -0.2) is 0 Å². The zero-order valence-electron chi connectivity index (χ0n) is 33.7. The fourth-order valence-electron chi connectivity index (χ4n) is 10.3. The molecule has 0 amide bonds. The standard InChI is InChI=1S/C56H45NO/c1-54(2,3)36-26-28-38(29-27-36)56(37-16-7-6-8-17-37)48-23-13-10-19-42(48)44-33-31-40(35-50(44)56)57(51-24-15-21-46-45-20-11-14-25-52(45)58-53(46)51)39-30-32-43-41-18-9-12-22-47(41)55(4,5)49(43)34-39/h6-35H,1-5H3. The maximum absolute atomic E-state index is 6.81. The normalized spacial score (nSPS) is 16.2. The molecule has 11 rings (SSSR count). The predicted molar refractivity (Wildman–Crippen MR) is 242 cm³/mol. The Hall–Kier alpha value is -6.64. The molecule has 1 aromatic heterocycles. The minimum Gasteiger partial charge on any atom is -0.454 e. The van der Waals surface area contributed by atoms with E-state index in [1.54, 1.807) is 0 Å². The molecule has 2 aliphatic rings. The first-order valence-electron chi connectivity index (χ1n) is 20.5. The highest BCUT2D eigenvalue weighted by atomic mass is 16.3. The Kier molecular flexibility index (Phi) is 7.41. The van der Waals surface area contributed by atoms with Crippen molar-refractivity contribution < 1.29 is 4.42 Å². The van der Waals surface area contributed by atoms with Crippen molar-refractivity contribution in [2.75, 3.05) is 4.90 Å². The van der Waals surface area contributed by atoms with Crippen molar-refractivity contribution in [1.29, 1.82) is 0 Å². The topological polar surface area (TPSA) is 16.4 Å². The van der Waals surface area contributed by atoms with Gasteiger partial charge in [-0.2, -0.15) is 0 Å². The lowest BCUT2D eigenvalue weighted by molar-refractivity contribution is 0.589. The van der Waals surface area contributed by atoms with Crippen molar-refractivity contribution in [2.24, 2.45) is 0 Å². The molecule has 280 valence electrons. The molecule has 0 radical (unpaired) electrons. The average Bonchev–Trinajstić information content (AvgIpc) is 3.85. The Balaban J connectivity index is 1.20. The molecule has 1 atom stereocenters. The molecule has 1 heterocycles. The summed E-state index contributed by atoms with van der Waals surface area (Å²) < 4.78 is 6.81. The van der Waals surface area contributed by atoms with Crippen LogP contribution in [0.1, 0.15) is 73.6 Å². The summed E-state index contributed by atoms with van der Waals surface area (Å²) in [4.78, 5) is 2.44. The van der Waals surface area contributed by atoms with Gasteiger partial charge in [0.15, 0.2) is 5.58 Å². The van der Waals surface area contributed by atoms with Crippen molar-refractivity contribution in [1.82, 2.24) is 0 Å².